The number of para-hydroxylation sites is 1. The fourth-order valence-electron chi connectivity index (χ4n) is 10.8. The van der Waals surface area contributed by atoms with Crippen molar-refractivity contribution in [2.24, 2.45) is 5.41 Å². The molecule has 9 rings (SSSR count). The number of hydrogen-bond donors (Lipinski definition) is 6. The van der Waals surface area contributed by atoms with Gasteiger partial charge in [0, 0.05) is 97.3 Å². The first-order chi connectivity index (χ1) is 34.3. The molecular formula is C51H61FN11O8P. The quantitative estimate of drug-likeness (QED) is 0.0705. The number of halogens is 1. The van der Waals surface area contributed by atoms with Crippen LogP contribution in [0.25, 0.3) is 22.3 Å². The molecule has 4 aliphatic rings. The van der Waals surface area contributed by atoms with Crippen LogP contribution in [0.4, 0.5) is 15.1 Å². The van der Waals surface area contributed by atoms with Gasteiger partial charge in [-0.3, -0.25) is 14.1 Å². The number of carbonyl (C=O) groups excluding carboxylic acids is 3. The van der Waals surface area contributed by atoms with E-state index in [0.29, 0.717) is 47.4 Å². The van der Waals surface area contributed by atoms with Gasteiger partial charge in [0.15, 0.2) is 5.65 Å². The number of nitrogens with zero attached hydrogens (tertiary/aromatic N) is 8. The molecule has 0 saturated carbocycles. The van der Waals surface area contributed by atoms with Crippen LogP contribution in [0.15, 0.2) is 60.9 Å². The molecule has 0 bridgehead atoms. The fourth-order valence-corrected chi connectivity index (χ4v) is 11.3. The maximum absolute atomic E-state index is 14.7. The number of aromatic amines is 1. The molecule has 5 aromatic rings. The van der Waals surface area contributed by atoms with Crippen LogP contribution in [0.3, 0.4) is 0 Å². The molecule has 380 valence electrons. The molecule has 3 aromatic heterocycles. The second-order valence-corrected chi connectivity index (χ2v) is 21.6. The van der Waals surface area contributed by atoms with Gasteiger partial charge in [-0.05, 0) is 92.9 Å². The average molecular weight is 1010 g/mol. The minimum absolute atomic E-state index is 0.0280. The Balaban J connectivity index is 0.777. The second-order valence-electron chi connectivity index (χ2n) is 20.4. The maximum Gasteiger partial charge on any atom is 0.469 e. The minimum Gasteiger partial charge on any atom is -0.507 e. The molecule has 4 atom stereocenters. The summed E-state index contributed by atoms with van der Waals surface area (Å²) in [5.41, 5.74) is 4.94. The number of phenolic OH excluding ortho intramolecular Hbond substituents is 1. The number of terminal acetylenes is 1. The van der Waals surface area contributed by atoms with Crippen molar-refractivity contribution in [3.8, 4) is 29.4 Å². The van der Waals surface area contributed by atoms with Crippen LogP contribution in [-0.2, 0) is 31.6 Å². The van der Waals surface area contributed by atoms with Crippen LogP contribution in [0.2, 0.25) is 0 Å². The molecule has 0 unspecified atom stereocenters. The summed E-state index contributed by atoms with van der Waals surface area (Å²) < 4.78 is 31.5. The van der Waals surface area contributed by atoms with Crippen molar-refractivity contribution >= 4 is 42.6 Å². The summed E-state index contributed by atoms with van der Waals surface area (Å²) in [7, 11) is -4.99. The summed E-state index contributed by atoms with van der Waals surface area (Å²) in [5.74, 6) is 1.57. The number of fused-ring (bicyclic) bond motifs is 3. The summed E-state index contributed by atoms with van der Waals surface area (Å²) in [6.45, 7) is 10.4. The molecule has 3 fully saturated rings. The van der Waals surface area contributed by atoms with Crippen LogP contribution in [0, 0.1) is 23.6 Å². The number of phenols is 1. The third kappa shape index (κ3) is 10.8. The second kappa shape index (κ2) is 20.6. The van der Waals surface area contributed by atoms with Crippen LogP contribution in [-0.4, -0.2) is 136 Å². The molecule has 19 nitrogen and oxygen atoms in total. The molecule has 0 spiro atoms. The monoisotopic (exact) mass is 1010 g/mol. The Hall–Kier alpha value is -6.49. The summed E-state index contributed by atoms with van der Waals surface area (Å²) in [5, 5.41) is 25.9. The van der Waals surface area contributed by atoms with Crippen LogP contribution >= 0.6 is 7.82 Å². The number of hydrogen-bond acceptors (Lipinski definition) is 12. The molecule has 4 aliphatic heterocycles. The number of benzene rings is 2. The zero-order valence-electron chi connectivity index (χ0n) is 40.8. The number of phosphoric ester groups is 1. The van der Waals surface area contributed by atoms with E-state index in [4.69, 9.17) is 20.9 Å². The van der Waals surface area contributed by atoms with Crippen molar-refractivity contribution in [1.82, 2.24) is 50.5 Å². The van der Waals surface area contributed by atoms with Gasteiger partial charge in [-0.25, -0.2) is 23.7 Å². The molecule has 21 heteroatoms. The first-order valence-corrected chi connectivity index (χ1v) is 26.0. The number of amides is 4. The van der Waals surface area contributed by atoms with E-state index in [1.165, 1.54) is 23.1 Å². The lowest BCUT2D eigenvalue weighted by Gasteiger charge is -2.42. The topological polar surface area (TPSA) is 243 Å². The highest BCUT2D eigenvalue weighted by Gasteiger charge is 2.47. The van der Waals surface area contributed by atoms with E-state index in [1.54, 1.807) is 37.8 Å². The van der Waals surface area contributed by atoms with Crippen LogP contribution < -0.4 is 15.5 Å². The van der Waals surface area contributed by atoms with Gasteiger partial charge in [0.1, 0.15) is 23.7 Å². The number of H-pyrrole nitrogens is 1. The molecule has 0 aliphatic carbocycles. The van der Waals surface area contributed by atoms with Crippen molar-refractivity contribution in [1.29, 1.82) is 0 Å². The first-order valence-electron chi connectivity index (χ1n) is 24.5. The Morgan fingerprint density at radius 1 is 1.00 bits per heavy atom. The standard InChI is InChI=1S/C51H61FN11O8P/c1-6-31-11-12-33(39(52)23-31)26-53-47(65)42-24-36(71-72(68,69)70)29-63(42)48(66)45(51(3,4)5)57-50(67)61-20-15-35(16-21-61)60-18-13-32(14-19-60)34-27-54-49(55-28-34)62-22-17-40-44(30(62)2)38-25-41(58-59-46(38)56-40)37-9-7-8-10-43(37)64/h1,7-12,23,25,27-28,30,32,35-36,42,45,64H,13-22,24,26,29H2,2-5H3,(H,53,65)(H,56,59)(H,57,67)(H2,68,69,70)/t30-,36-,42+,45-/m1/s1. The Morgan fingerprint density at radius 2 is 1.72 bits per heavy atom. The molecular weight excluding hydrogens is 945 g/mol. The Bertz CT molecular complexity index is 2920. The minimum atomic E-state index is -4.99. The van der Waals surface area contributed by atoms with Gasteiger partial charge in [0.05, 0.1) is 17.8 Å². The normalized spacial score (nSPS) is 20.8. The highest BCUT2D eigenvalue weighted by Crippen LogP contribution is 2.42. The van der Waals surface area contributed by atoms with Crippen molar-refractivity contribution in [2.75, 3.05) is 44.2 Å². The number of phosphoric acid groups is 1. The van der Waals surface area contributed by atoms with E-state index in [1.807, 2.05) is 30.6 Å². The Morgan fingerprint density at radius 3 is 2.39 bits per heavy atom. The summed E-state index contributed by atoms with van der Waals surface area (Å²) in [6.07, 6.45) is 12.1. The average Bonchev–Trinajstić information content (AvgIpc) is 3.96. The molecule has 2 aromatic carbocycles. The van der Waals surface area contributed by atoms with Gasteiger partial charge in [0.25, 0.3) is 0 Å². The van der Waals surface area contributed by atoms with Gasteiger partial charge in [0.2, 0.25) is 17.8 Å². The highest BCUT2D eigenvalue weighted by atomic mass is 31.2. The largest absolute Gasteiger partial charge is 0.507 e. The third-order valence-corrected chi connectivity index (χ3v) is 15.3. The zero-order chi connectivity index (χ0) is 51.1. The SMILES string of the molecule is C#Cc1ccc(CNC(=O)[C@@H]2C[C@@H](OP(=O)(O)O)CN2C(=O)[C@@H](NC(=O)N2CCC(N3CCC(c4cnc(N5CCc6[nH]c7nnc(-c8ccccc8O)cc7c6[C@H]5C)nc4)CC3)CC2)C(C)(C)C)c(F)c1. The smallest absolute Gasteiger partial charge is 0.469 e. The molecule has 0 radical (unpaired) electrons. The number of urea groups is 1. The van der Waals surface area contributed by atoms with E-state index in [2.05, 4.69) is 48.5 Å². The van der Waals surface area contributed by atoms with Crippen molar-refractivity contribution < 1.29 is 42.8 Å². The molecule has 7 heterocycles. The molecule has 6 N–H and O–H groups in total. The van der Waals surface area contributed by atoms with Gasteiger partial charge in [-0.1, -0.05) is 44.9 Å². The lowest BCUT2D eigenvalue weighted by molar-refractivity contribution is -0.142. The predicted octanol–water partition coefficient (Wildman–Crippen LogP) is 5.53. The van der Waals surface area contributed by atoms with E-state index >= 15 is 0 Å². The predicted molar refractivity (Wildman–Crippen MR) is 266 cm³/mol. The Labute approximate surface area is 417 Å². The molecule has 4 amide bonds. The first kappa shape index (κ1) is 50.5. The third-order valence-electron chi connectivity index (χ3n) is 14.7. The van der Waals surface area contributed by atoms with Gasteiger partial charge >= 0.3 is 13.9 Å². The van der Waals surface area contributed by atoms with E-state index < -0.39 is 55.1 Å². The highest BCUT2D eigenvalue weighted by molar-refractivity contribution is 7.46. The number of likely N-dealkylation sites (tertiary alicyclic amines) is 3. The van der Waals surface area contributed by atoms with E-state index in [9.17, 15) is 38.2 Å². The zero-order valence-corrected chi connectivity index (χ0v) is 41.7. The Kier molecular flexibility index (Phi) is 14.4. The summed E-state index contributed by atoms with van der Waals surface area (Å²) in [6, 6.07) is 10.7. The number of aromatic nitrogens is 5. The van der Waals surface area contributed by atoms with Crippen molar-refractivity contribution in [3.63, 3.8) is 0 Å². The van der Waals surface area contributed by atoms with Crippen LogP contribution in [0.5, 0.6) is 5.75 Å². The lowest BCUT2D eigenvalue weighted by atomic mass is 9.85. The molecule has 72 heavy (non-hydrogen) atoms. The summed E-state index contributed by atoms with van der Waals surface area (Å²) in [4.78, 5) is 82.0. The number of nitrogens with one attached hydrogen (secondary N) is 3. The van der Waals surface area contributed by atoms with Crippen molar-refractivity contribution in [2.45, 2.75) is 109 Å². The fraction of sp³-hybridized carbons (Fsp3) is 0.471. The van der Waals surface area contributed by atoms with Gasteiger partial charge in [-0.2, -0.15) is 0 Å². The number of aromatic hydroxyl groups is 1. The number of carbonyl (C=O) groups is 3. The van der Waals surface area contributed by atoms with E-state index in [0.717, 1.165) is 73.9 Å². The number of piperidine rings is 2. The number of anilines is 1. The van der Waals surface area contributed by atoms with Crippen molar-refractivity contribution in [3.05, 3.63) is 94.7 Å². The van der Waals surface area contributed by atoms with Gasteiger partial charge in [-0.15, -0.1) is 16.6 Å². The molecule has 3 saturated heterocycles. The van der Waals surface area contributed by atoms with E-state index in [-0.39, 0.29) is 42.9 Å². The van der Waals surface area contributed by atoms with Gasteiger partial charge < -0.3 is 50.1 Å². The van der Waals surface area contributed by atoms with Crippen LogP contribution in [0.1, 0.15) is 99.7 Å². The maximum atomic E-state index is 14.7. The lowest BCUT2D eigenvalue weighted by Crippen LogP contribution is -2.60. The number of rotatable bonds is 11. The summed E-state index contributed by atoms with van der Waals surface area (Å²) >= 11 is 0.